The fourth-order valence-corrected chi connectivity index (χ4v) is 3.87. The monoisotopic (exact) mass is 378 g/mol. The van der Waals surface area contributed by atoms with Crippen molar-refractivity contribution >= 4 is 17.1 Å². The van der Waals surface area contributed by atoms with Crippen LogP contribution in [0.15, 0.2) is 53.3 Å². The molecule has 6 heteroatoms. The van der Waals surface area contributed by atoms with Crippen LogP contribution in [0.1, 0.15) is 36.9 Å². The summed E-state index contributed by atoms with van der Waals surface area (Å²) < 4.78 is 1.20. The Bertz CT molecular complexity index is 1020. The van der Waals surface area contributed by atoms with E-state index in [1.807, 2.05) is 55.5 Å². The number of rotatable bonds is 5. The van der Waals surface area contributed by atoms with Crippen molar-refractivity contribution in [1.29, 1.82) is 0 Å². The molecule has 6 nitrogen and oxygen atoms in total. The highest BCUT2D eigenvalue weighted by Crippen LogP contribution is 2.16. The molecule has 1 atom stereocenters. The SMILES string of the molecule is C[C@H](NC(=O)n1c(=O)[nH]c2ccc(CCN3CCCC3)cc21)c1ccccc1. The molecule has 2 N–H and O–H groups in total. The second kappa shape index (κ2) is 8.02. The number of benzene rings is 2. The van der Waals surface area contributed by atoms with E-state index in [9.17, 15) is 9.59 Å². The van der Waals surface area contributed by atoms with Crippen LogP contribution in [-0.4, -0.2) is 40.1 Å². The van der Waals surface area contributed by atoms with E-state index in [2.05, 4.69) is 15.2 Å². The van der Waals surface area contributed by atoms with Crippen LogP contribution >= 0.6 is 0 Å². The number of nitrogens with zero attached hydrogens (tertiary/aromatic N) is 2. The molecule has 2 heterocycles. The highest BCUT2D eigenvalue weighted by atomic mass is 16.2. The predicted octanol–water partition coefficient (Wildman–Crippen LogP) is 3.29. The van der Waals surface area contributed by atoms with Gasteiger partial charge in [-0.2, -0.15) is 0 Å². The molecule has 1 fully saturated rings. The fraction of sp³-hybridized carbons (Fsp3) is 0.364. The molecule has 4 rings (SSSR count). The first kappa shape index (κ1) is 18.5. The third-order valence-electron chi connectivity index (χ3n) is 5.51. The molecule has 0 bridgehead atoms. The van der Waals surface area contributed by atoms with Crippen LogP contribution in [0.5, 0.6) is 0 Å². The Morgan fingerprint density at radius 1 is 1.14 bits per heavy atom. The molecular weight excluding hydrogens is 352 g/mol. The van der Waals surface area contributed by atoms with Gasteiger partial charge in [0.1, 0.15) is 0 Å². The van der Waals surface area contributed by atoms with Crippen molar-refractivity contribution in [2.75, 3.05) is 19.6 Å². The lowest BCUT2D eigenvalue weighted by Crippen LogP contribution is -2.36. The van der Waals surface area contributed by atoms with Crippen LogP contribution in [0.4, 0.5) is 4.79 Å². The molecule has 2 aromatic carbocycles. The summed E-state index contributed by atoms with van der Waals surface area (Å²) in [7, 11) is 0. The molecule has 0 saturated carbocycles. The second-order valence-corrected chi connectivity index (χ2v) is 7.50. The molecule has 3 aromatic rings. The number of fused-ring (bicyclic) bond motifs is 1. The number of aromatic amines is 1. The number of hydrogen-bond acceptors (Lipinski definition) is 3. The van der Waals surface area contributed by atoms with Crippen LogP contribution in [-0.2, 0) is 6.42 Å². The molecule has 1 aliphatic heterocycles. The number of nitrogens with one attached hydrogen (secondary N) is 2. The first-order chi connectivity index (χ1) is 13.6. The Labute approximate surface area is 164 Å². The van der Waals surface area contributed by atoms with E-state index >= 15 is 0 Å². The van der Waals surface area contributed by atoms with Crippen molar-refractivity contribution in [3.63, 3.8) is 0 Å². The molecular formula is C22H26N4O2. The van der Waals surface area contributed by atoms with Crippen molar-refractivity contribution in [2.45, 2.75) is 32.2 Å². The van der Waals surface area contributed by atoms with Crippen LogP contribution in [0.2, 0.25) is 0 Å². The number of amides is 1. The van der Waals surface area contributed by atoms with Gasteiger partial charge in [-0.1, -0.05) is 36.4 Å². The summed E-state index contributed by atoms with van der Waals surface area (Å²) in [5.74, 6) is 0. The van der Waals surface area contributed by atoms with E-state index < -0.39 is 11.7 Å². The minimum absolute atomic E-state index is 0.191. The summed E-state index contributed by atoms with van der Waals surface area (Å²) >= 11 is 0. The molecule has 146 valence electrons. The zero-order valence-electron chi connectivity index (χ0n) is 16.1. The molecule has 1 amide bonds. The molecule has 1 aliphatic rings. The van der Waals surface area contributed by atoms with Crippen molar-refractivity contribution in [3.8, 4) is 0 Å². The fourth-order valence-electron chi connectivity index (χ4n) is 3.87. The highest BCUT2D eigenvalue weighted by Gasteiger charge is 2.17. The van der Waals surface area contributed by atoms with Gasteiger partial charge in [0.2, 0.25) is 0 Å². The van der Waals surface area contributed by atoms with Crippen LogP contribution < -0.4 is 11.0 Å². The molecule has 28 heavy (non-hydrogen) atoms. The van der Waals surface area contributed by atoms with Crippen molar-refractivity contribution in [3.05, 3.63) is 70.1 Å². The maximum atomic E-state index is 12.8. The van der Waals surface area contributed by atoms with Gasteiger partial charge in [-0.05, 0) is 62.5 Å². The van der Waals surface area contributed by atoms with Gasteiger partial charge in [0.15, 0.2) is 0 Å². The maximum absolute atomic E-state index is 12.8. The largest absolute Gasteiger partial charge is 0.334 e. The van der Waals surface area contributed by atoms with Gasteiger partial charge in [0.05, 0.1) is 17.1 Å². The summed E-state index contributed by atoms with van der Waals surface area (Å²) in [5.41, 5.74) is 3.02. The van der Waals surface area contributed by atoms with E-state index in [0.29, 0.717) is 11.0 Å². The number of imidazole rings is 1. The Hall–Kier alpha value is -2.86. The van der Waals surface area contributed by atoms with Crippen LogP contribution in [0.25, 0.3) is 11.0 Å². The Kier molecular flexibility index (Phi) is 5.30. The molecule has 0 spiro atoms. The number of carbonyl (C=O) groups is 1. The van der Waals surface area contributed by atoms with Gasteiger partial charge in [0.25, 0.3) is 0 Å². The van der Waals surface area contributed by atoms with Crippen molar-refractivity contribution in [2.24, 2.45) is 0 Å². The molecule has 1 saturated heterocycles. The van der Waals surface area contributed by atoms with Gasteiger partial charge in [0, 0.05) is 6.54 Å². The Balaban J connectivity index is 1.55. The molecule has 0 unspecified atom stereocenters. The van der Waals surface area contributed by atoms with Gasteiger partial charge < -0.3 is 15.2 Å². The first-order valence-corrected chi connectivity index (χ1v) is 9.93. The van der Waals surface area contributed by atoms with Crippen molar-refractivity contribution in [1.82, 2.24) is 19.8 Å². The zero-order valence-corrected chi connectivity index (χ0v) is 16.1. The van der Waals surface area contributed by atoms with Gasteiger partial charge >= 0.3 is 11.7 Å². The number of H-pyrrole nitrogens is 1. The lowest BCUT2D eigenvalue weighted by Gasteiger charge is -2.15. The van der Waals surface area contributed by atoms with Crippen molar-refractivity contribution < 1.29 is 4.79 Å². The van der Waals surface area contributed by atoms with E-state index in [0.717, 1.165) is 37.2 Å². The van der Waals surface area contributed by atoms with E-state index in [-0.39, 0.29) is 6.04 Å². The topological polar surface area (TPSA) is 70.1 Å². The Morgan fingerprint density at radius 3 is 2.64 bits per heavy atom. The van der Waals surface area contributed by atoms with Gasteiger partial charge in [-0.25, -0.2) is 14.2 Å². The zero-order chi connectivity index (χ0) is 19.5. The summed E-state index contributed by atoms with van der Waals surface area (Å²) in [6.07, 6.45) is 3.46. The van der Waals surface area contributed by atoms with Crippen LogP contribution in [0.3, 0.4) is 0 Å². The maximum Gasteiger partial charge on any atom is 0.334 e. The third kappa shape index (κ3) is 3.87. The number of hydrogen-bond donors (Lipinski definition) is 2. The lowest BCUT2D eigenvalue weighted by atomic mass is 10.1. The van der Waals surface area contributed by atoms with E-state index in [4.69, 9.17) is 0 Å². The molecule has 0 aliphatic carbocycles. The quantitative estimate of drug-likeness (QED) is 0.716. The van der Waals surface area contributed by atoms with E-state index in [1.54, 1.807) is 0 Å². The number of carbonyl (C=O) groups excluding carboxylic acids is 1. The minimum atomic E-state index is -0.413. The number of aromatic nitrogens is 2. The van der Waals surface area contributed by atoms with Gasteiger partial charge in [-0.15, -0.1) is 0 Å². The Morgan fingerprint density at radius 2 is 1.89 bits per heavy atom. The minimum Gasteiger partial charge on any atom is -0.331 e. The summed E-state index contributed by atoms with van der Waals surface area (Å²) in [4.78, 5) is 30.5. The highest BCUT2D eigenvalue weighted by molar-refractivity contribution is 5.89. The number of likely N-dealkylation sites (tertiary alicyclic amines) is 1. The average molecular weight is 378 g/mol. The van der Waals surface area contributed by atoms with Crippen LogP contribution in [0, 0.1) is 0 Å². The summed E-state index contributed by atoms with van der Waals surface area (Å²) in [5, 5.41) is 2.92. The molecule has 1 aromatic heterocycles. The first-order valence-electron chi connectivity index (χ1n) is 9.93. The smallest absolute Gasteiger partial charge is 0.331 e. The average Bonchev–Trinajstić information content (AvgIpc) is 3.33. The van der Waals surface area contributed by atoms with E-state index in [1.165, 1.54) is 17.4 Å². The normalized spacial score (nSPS) is 15.8. The molecule has 0 radical (unpaired) electrons. The standard InChI is InChI=1S/C22H26N4O2/c1-16(18-7-3-2-4-8-18)23-21(27)26-20-15-17(9-10-19(20)24-22(26)28)11-14-25-12-5-6-13-25/h2-4,7-10,15-16H,5-6,11-14H2,1H3,(H,23,27)(H,24,28)/t16-/m0/s1. The van der Waals surface area contributed by atoms with Gasteiger partial charge in [-0.3, -0.25) is 0 Å². The lowest BCUT2D eigenvalue weighted by molar-refractivity contribution is 0.239. The summed E-state index contributed by atoms with van der Waals surface area (Å²) in [6.45, 7) is 5.25. The predicted molar refractivity (Wildman–Crippen MR) is 111 cm³/mol. The second-order valence-electron chi connectivity index (χ2n) is 7.50. The third-order valence-corrected chi connectivity index (χ3v) is 5.51. The summed E-state index contributed by atoms with van der Waals surface area (Å²) in [6, 6.07) is 15.0.